The van der Waals surface area contributed by atoms with Gasteiger partial charge in [-0.25, -0.2) is 19.0 Å². The van der Waals surface area contributed by atoms with Crippen LogP contribution in [-0.4, -0.2) is 74.9 Å². The van der Waals surface area contributed by atoms with E-state index in [1.165, 1.54) is 29.3 Å². The molecule has 3 aromatic heterocycles. The molecule has 0 N–H and O–H groups in total. The first-order valence-electron chi connectivity index (χ1n) is 15.9. The van der Waals surface area contributed by atoms with Gasteiger partial charge in [0.2, 0.25) is 11.7 Å². The van der Waals surface area contributed by atoms with E-state index in [0.717, 1.165) is 46.4 Å². The molecule has 2 aliphatic heterocycles. The number of halogens is 1. The summed E-state index contributed by atoms with van der Waals surface area (Å²) in [6, 6.07) is 13.8. The molecular weight excluding hydrogens is 616 g/mol. The summed E-state index contributed by atoms with van der Waals surface area (Å²) in [5.74, 6) is 0.957. The molecule has 242 valence electrons. The van der Waals surface area contributed by atoms with Gasteiger partial charge in [0, 0.05) is 65.6 Å². The van der Waals surface area contributed by atoms with Crippen LogP contribution in [-0.2, 0) is 35.6 Å². The quantitative estimate of drug-likeness (QED) is 0.136. The maximum absolute atomic E-state index is 14.6. The summed E-state index contributed by atoms with van der Waals surface area (Å²) in [6.07, 6.45) is 2.30. The molecule has 0 bridgehead atoms. The largest absolute Gasteiger partial charge is 0.490 e. The van der Waals surface area contributed by atoms with Crippen molar-refractivity contribution in [2.75, 3.05) is 33.4 Å². The number of benzene rings is 2. The van der Waals surface area contributed by atoms with Crippen LogP contribution in [0.5, 0.6) is 5.75 Å². The van der Waals surface area contributed by atoms with Crippen molar-refractivity contribution >= 4 is 27.3 Å². The second-order valence-corrected chi connectivity index (χ2v) is 13.1. The number of pyridine rings is 1. The van der Waals surface area contributed by atoms with Crippen molar-refractivity contribution in [3.63, 3.8) is 0 Å². The van der Waals surface area contributed by atoms with Gasteiger partial charge in [-0.05, 0) is 67.1 Å². The zero-order valence-electron chi connectivity index (χ0n) is 26.8. The second-order valence-electron chi connectivity index (χ2n) is 12.2. The van der Waals surface area contributed by atoms with Crippen molar-refractivity contribution in [3.8, 4) is 39.7 Å². The van der Waals surface area contributed by atoms with E-state index in [0.29, 0.717) is 60.9 Å². The smallest absolute Gasteiger partial charge is 0.246 e. The normalized spacial score (nSPS) is 14.8. The van der Waals surface area contributed by atoms with Crippen molar-refractivity contribution in [1.82, 2.24) is 29.5 Å². The Morgan fingerprint density at radius 3 is 2.72 bits per heavy atom. The van der Waals surface area contributed by atoms with Crippen molar-refractivity contribution in [2.45, 2.75) is 45.9 Å². The minimum Gasteiger partial charge on any atom is -0.490 e. The highest BCUT2D eigenvalue weighted by atomic mass is 32.1. The van der Waals surface area contributed by atoms with Gasteiger partial charge >= 0.3 is 0 Å². The molecule has 0 spiro atoms. The van der Waals surface area contributed by atoms with Crippen LogP contribution < -0.4 is 4.74 Å². The number of ether oxygens (including phenoxy) is 2. The molecule has 0 saturated carbocycles. The van der Waals surface area contributed by atoms with Crippen LogP contribution in [0.25, 0.3) is 44.0 Å². The molecule has 0 fully saturated rings. The first-order valence-corrected chi connectivity index (χ1v) is 16.8. The number of methoxy groups -OCH3 is 1. The topological polar surface area (TPSA) is 85.6 Å². The molecule has 11 heteroatoms. The molecule has 0 saturated heterocycles. The number of rotatable bonds is 9. The predicted octanol–water partition coefficient (Wildman–Crippen LogP) is 6.35. The number of carbonyl (C=O) groups excluding carboxylic acids is 1. The Labute approximate surface area is 277 Å². The van der Waals surface area contributed by atoms with Gasteiger partial charge in [-0.15, -0.1) is 16.4 Å². The third-order valence-electron chi connectivity index (χ3n) is 8.98. The van der Waals surface area contributed by atoms with E-state index in [1.807, 2.05) is 4.68 Å². The minimum absolute atomic E-state index is 0.144. The highest BCUT2D eigenvalue weighted by molar-refractivity contribution is 7.18. The molecule has 7 rings (SSSR count). The van der Waals surface area contributed by atoms with Gasteiger partial charge in [-0.2, -0.15) is 0 Å². The van der Waals surface area contributed by atoms with Crippen LogP contribution in [0.3, 0.4) is 0 Å². The summed E-state index contributed by atoms with van der Waals surface area (Å²) in [5, 5.41) is 7.96. The van der Waals surface area contributed by atoms with E-state index >= 15 is 0 Å². The maximum atomic E-state index is 14.6. The third kappa shape index (κ3) is 5.95. The molecule has 0 unspecified atom stereocenters. The van der Waals surface area contributed by atoms with E-state index in [9.17, 15) is 9.18 Å². The molecule has 9 nitrogen and oxygen atoms in total. The molecule has 0 aliphatic carbocycles. The number of amides is 1. The van der Waals surface area contributed by atoms with Gasteiger partial charge in [-0.1, -0.05) is 18.7 Å². The standard InChI is InChI=1S/C36H37FN6O3S/c1-5-31(44)42-13-14-43-30(21-42)38-36(40-43)34-32(27-9-8-26(37)19-29(27)46-16-15-45-4)35-28(11-17-47-35)33(39-34)24-6-7-25-20-41(22(2)3)12-10-23(25)18-24/h5-9,11,17-19,22H,1,10,12-16,20-21H2,2-4H3. The van der Waals surface area contributed by atoms with Crippen LogP contribution in [0.2, 0.25) is 0 Å². The average Bonchev–Trinajstić information content (AvgIpc) is 3.75. The molecule has 2 aliphatic rings. The van der Waals surface area contributed by atoms with Crippen LogP contribution >= 0.6 is 11.3 Å². The Balaban J connectivity index is 1.41. The lowest BCUT2D eigenvalue weighted by atomic mass is 9.93. The molecule has 5 heterocycles. The number of fused-ring (bicyclic) bond motifs is 3. The summed E-state index contributed by atoms with van der Waals surface area (Å²) >= 11 is 1.60. The number of thiophene rings is 1. The number of carbonyl (C=O) groups is 1. The predicted molar refractivity (Wildman–Crippen MR) is 182 cm³/mol. The Kier molecular flexibility index (Phi) is 8.61. The summed E-state index contributed by atoms with van der Waals surface area (Å²) in [6.45, 7) is 12.0. The number of nitrogens with zero attached hydrogens (tertiary/aromatic N) is 6. The fourth-order valence-corrected chi connectivity index (χ4v) is 7.39. The Bertz CT molecular complexity index is 1990. The fourth-order valence-electron chi connectivity index (χ4n) is 6.43. The van der Waals surface area contributed by atoms with Gasteiger partial charge in [0.1, 0.15) is 29.7 Å². The fraction of sp³-hybridized carbons (Fsp3) is 0.333. The van der Waals surface area contributed by atoms with Gasteiger partial charge in [0.15, 0.2) is 0 Å². The molecule has 2 aromatic carbocycles. The lowest BCUT2D eigenvalue weighted by molar-refractivity contribution is -0.127. The number of aromatic nitrogens is 4. The SMILES string of the molecule is C=CC(=O)N1CCn2nc(-c3nc(-c4ccc5c(c4)CCN(C(C)C)C5)c4ccsc4c3-c3ccc(F)cc3OCCOC)nc2C1. The highest BCUT2D eigenvalue weighted by Gasteiger charge is 2.28. The lowest BCUT2D eigenvalue weighted by Crippen LogP contribution is -2.37. The number of hydrogen-bond acceptors (Lipinski definition) is 8. The molecule has 47 heavy (non-hydrogen) atoms. The Morgan fingerprint density at radius 1 is 1.04 bits per heavy atom. The van der Waals surface area contributed by atoms with Crippen molar-refractivity contribution in [2.24, 2.45) is 0 Å². The summed E-state index contributed by atoms with van der Waals surface area (Å²) in [4.78, 5) is 26.9. The summed E-state index contributed by atoms with van der Waals surface area (Å²) in [5.41, 5.74) is 6.60. The van der Waals surface area contributed by atoms with Gasteiger partial charge < -0.3 is 14.4 Å². The Morgan fingerprint density at radius 2 is 1.91 bits per heavy atom. The molecular formula is C36H37FN6O3S. The van der Waals surface area contributed by atoms with Gasteiger partial charge in [-0.3, -0.25) is 9.69 Å². The van der Waals surface area contributed by atoms with E-state index in [4.69, 9.17) is 24.5 Å². The van der Waals surface area contributed by atoms with E-state index in [-0.39, 0.29) is 12.5 Å². The van der Waals surface area contributed by atoms with E-state index < -0.39 is 5.82 Å². The van der Waals surface area contributed by atoms with Crippen LogP contribution in [0.15, 0.2) is 60.5 Å². The van der Waals surface area contributed by atoms with Crippen LogP contribution in [0.4, 0.5) is 4.39 Å². The van der Waals surface area contributed by atoms with Gasteiger partial charge in [0.05, 0.1) is 25.4 Å². The third-order valence-corrected chi connectivity index (χ3v) is 9.91. The van der Waals surface area contributed by atoms with E-state index in [2.05, 4.69) is 55.0 Å². The Hall–Kier alpha value is -4.45. The summed E-state index contributed by atoms with van der Waals surface area (Å²) < 4.78 is 28.7. The minimum atomic E-state index is -0.401. The first-order chi connectivity index (χ1) is 22.8. The number of hydrogen-bond donors (Lipinski definition) is 0. The summed E-state index contributed by atoms with van der Waals surface area (Å²) in [7, 11) is 1.60. The van der Waals surface area contributed by atoms with Crippen molar-refractivity contribution in [3.05, 3.63) is 83.3 Å². The maximum Gasteiger partial charge on any atom is 0.246 e. The first kappa shape index (κ1) is 31.2. The molecule has 0 radical (unpaired) electrons. The molecule has 1 amide bonds. The van der Waals surface area contributed by atoms with Crippen molar-refractivity contribution < 1.29 is 18.7 Å². The molecule has 0 atom stereocenters. The second kappa shape index (κ2) is 13.0. The van der Waals surface area contributed by atoms with E-state index in [1.54, 1.807) is 29.4 Å². The van der Waals surface area contributed by atoms with Crippen LogP contribution in [0.1, 0.15) is 30.8 Å². The zero-order valence-corrected chi connectivity index (χ0v) is 27.6. The van der Waals surface area contributed by atoms with Crippen molar-refractivity contribution in [1.29, 1.82) is 0 Å². The lowest BCUT2D eigenvalue weighted by Gasteiger charge is -2.32. The average molecular weight is 653 g/mol. The highest BCUT2D eigenvalue weighted by Crippen LogP contribution is 2.46. The van der Waals surface area contributed by atoms with Gasteiger partial charge in [0.25, 0.3) is 0 Å². The zero-order chi connectivity index (χ0) is 32.7. The molecule has 5 aromatic rings. The van der Waals surface area contributed by atoms with Crippen LogP contribution in [0, 0.1) is 5.82 Å². The monoisotopic (exact) mass is 652 g/mol.